The van der Waals surface area contributed by atoms with E-state index in [1.165, 1.54) is 42.5 Å². The first kappa shape index (κ1) is 20.2. The molecule has 3 rings (SSSR count). The molecule has 0 saturated heterocycles. The predicted molar refractivity (Wildman–Crippen MR) is 107 cm³/mol. The number of carbonyl (C=O) groups is 1. The lowest BCUT2D eigenvalue weighted by Gasteiger charge is -2.03. The van der Waals surface area contributed by atoms with Gasteiger partial charge in [0.15, 0.2) is 0 Å². The van der Waals surface area contributed by atoms with Crippen molar-refractivity contribution in [2.24, 2.45) is 0 Å². The quantitative estimate of drug-likeness (QED) is 0.188. The molecule has 0 radical (unpaired) electrons. The minimum atomic E-state index is -0.689. The van der Waals surface area contributed by atoms with E-state index >= 15 is 0 Å². The third-order valence-electron chi connectivity index (χ3n) is 4.36. The summed E-state index contributed by atoms with van der Waals surface area (Å²) in [4.78, 5) is 33.5. The summed E-state index contributed by atoms with van der Waals surface area (Å²) >= 11 is 0. The number of non-ortho nitro benzene ring substituents is 1. The Morgan fingerprint density at radius 3 is 2.47 bits per heavy atom. The lowest BCUT2D eigenvalue weighted by molar-refractivity contribution is -0.385. The maximum Gasteiger partial charge on any atom is 0.273 e. The van der Waals surface area contributed by atoms with Crippen molar-refractivity contribution in [3.8, 4) is 17.4 Å². The summed E-state index contributed by atoms with van der Waals surface area (Å²) in [5.74, 6) is -0.167. The smallest absolute Gasteiger partial charge is 0.273 e. The molecule has 0 fully saturated rings. The molecule has 0 atom stereocenters. The standard InChI is InChI=1S/C21H13N3O6/c1-13-18(6-3-7-19(13)24(28)29)20-9-8-17(30-20)11-15(12-22)21(25)14-4-2-5-16(10-14)23(26)27/h2-11H,1H3/b15-11+. The molecular formula is C21H13N3O6. The largest absolute Gasteiger partial charge is 0.457 e. The topological polar surface area (TPSA) is 140 Å². The summed E-state index contributed by atoms with van der Waals surface area (Å²) < 4.78 is 5.66. The van der Waals surface area contributed by atoms with E-state index < -0.39 is 15.6 Å². The number of allylic oxidation sites excluding steroid dienone is 1. The van der Waals surface area contributed by atoms with Crippen LogP contribution in [-0.2, 0) is 0 Å². The van der Waals surface area contributed by atoms with Gasteiger partial charge >= 0.3 is 0 Å². The molecule has 0 spiro atoms. The molecule has 0 saturated carbocycles. The molecule has 0 aliphatic carbocycles. The number of hydrogen-bond acceptors (Lipinski definition) is 7. The average Bonchev–Trinajstić information content (AvgIpc) is 3.19. The highest BCUT2D eigenvalue weighted by Crippen LogP contribution is 2.31. The fourth-order valence-corrected chi connectivity index (χ4v) is 2.87. The van der Waals surface area contributed by atoms with Gasteiger partial charge in [-0.25, -0.2) is 0 Å². The highest BCUT2D eigenvalue weighted by atomic mass is 16.6. The van der Waals surface area contributed by atoms with Gasteiger partial charge in [-0.15, -0.1) is 0 Å². The van der Waals surface area contributed by atoms with Crippen molar-refractivity contribution in [1.29, 1.82) is 5.26 Å². The van der Waals surface area contributed by atoms with Crippen molar-refractivity contribution in [1.82, 2.24) is 0 Å². The third-order valence-corrected chi connectivity index (χ3v) is 4.36. The second-order valence-corrected chi connectivity index (χ2v) is 6.22. The van der Waals surface area contributed by atoms with Gasteiger partial charge in [0.1, 0.15) is 23.2 Å². The van der Waals surface area contributed by atoms with Gasteiger partial charge < -0.3 is 4.42 Å². The van der Waals surface area contributed by atoms with Gasteiger partial charge in [-0.05, 0) is 19.1 Å². The zero-order valence-corrected chi connectivity index (χ0v) is 15.6. The summed E-state index contributed by atoms with van der Waals surface area (Å²) in [6.45, 7) is 1.60. The number of carbonyl (C=O) groups excluding carboxylic acids is 1. The van der Waals surface area contributed by atoms with Crippen molar-refractivity contribution < 1.29 is 19.1 Å². The normalized spacial score (nSPS) is 11.0. The number of rotatable bonds is 6. The number of ketones is 1. The Hall–Kier alpha value is -4.58. The first-order valence-corrected chi connectivity index (χ1v) is 8.57. The molecular weight excluding hydrogens is 390 g/mol. The number of nitriles is 1. The highest BCUT2D eigenvalue weighted by molar-refractivity contribution is 6.14. The Labute approximate surface area is 169 Å². The Bertz CT molecular complexity index is 1250. The molecule has 30 heavy (non-hydrogen) atoms. The van der Waals surface area contributed by atoms with E-state index in [2.05, 4.69) is 0 Å². The van der Waals surface area contributed by atoms with E-state index in [9.17, 15) is 30.3 Å². The number of Topliss-reactive ketones (excluding diaryl/α,β-unsaturated/α-hetero) is 1. The molecule has 3 aromatic rings. The van der Waals surface area contributed by atoms with Crippen molar-refractivity contribution in [2.45, 2.75) is 6.92 Å². The second kappa shape index (κ2) is 8.20. The van der Waals surface area contributed by atoms with Crippen molar-refractivity contribution in [2.75, 3.05) is 0 Å². The number of hydrogen-bond donors (Lipinski definition) is 0. The van der Waals surface area contributed by atoms with Crippen LogP contribution in [0.1, 0.15) is 21.7 Å². The van der Waals surface area contributed by atoms with E-state index in [-0.39, 0.29) is 28.3 Å². The van der Waals surface area contributed by atoms with Crippen LogP contribution in [0.5, 0.6) is 0 Å². The van der Waals surface area contributed by atoms with E-state index in [0.717, 1.165) is 6.07 Å². The fourth-order valence-electron chi connectivity index (χ4n) is 2.87. The monoisotopic (exact) mass is 403 g/mol. The number of nitro benzene ring substituents is 2. The molecule has 0 amide bonds. The first-order chi connectivity index (χ1) is 14.3. The van der Waals surface area contributed by atoms with Crippen LogP contribution in [-0.4, -0.2) is 15.6 Å². The number of furan rings is 1. The number of nitrogens with zero attached hydrogens (tertiary/aromatic N) is 3. The summed E-state index contributed by atoms with van der Waals surface area (Å²) in [5, 5.41) is 31.4. The summed E-state index contributed by atoms with van der Waals surface area (Å²) in [6.07, 6.45) is 1.22. The van der Waals surface area contributed by atoms with Gasteiger partial charge in [0.25, 0.3) is 11.4 Å². The second-order valence-electron chi connectivity index (χ2n) is 6.22. The molecule has 9 heteroatoms. The molecule has 0 unspecified atom stereocenters. The van der Waals surface area contributed by atoms with Crippen LogP contribution < -0.4 is 0 Å². The van der Waals surface area contributed by atoms with Gasteiger partial charge in [0, 0.05) is 41.0 Å². The lowest BCUT2D eigenvalue weighted by Crippen LogP contribution is -2.02. The summed E-state index contributed by atoms with van der Waals surface area (Å²) in [5.41, 5.74) is 0.331. The Morgan fingerprint density at radius 1 is 1.07 bits per heavy atom. The van der Waals surface area contributed by atoms with E-state index in [4.69, 9.17) is 4.42 Å². The van der Waals surface area contributed by atoms with Crippen molar-refractivity contribution in [3.63, 3.8) is 0 Å². The molecule has 1 aromatic heterocycles. The lowest BCUT2D eigenvalue weighted by atomic mass is 10.0. The predicted octanol–water partition coefficient (Wildman–Crippen LogP) is 4.86. The number of nitro groups is 2. The van der Waals surface area contributed by atoms with Crippen LogP contribution in [0.4, 0.5) is 11.4 Å². The molecule has 9 nitrogen and oxygen atoms in total. The maximum absolute atomic E-state index is 12.6. The number of benzene rings is 2. The minimum absolute atomic E-state index is 0.00157. The van der Waals surface area contributed by atoms with Gasteiger partial charge in [-0.3, -0.25) is 25.0 Å². The van der Waals surface area contributed by atoms with Gasteiger partial charge in [0.2, 0.25) is 5.78 Å². The molecule has 0 aliphatic heterocycles. The Morgan fingerprint density at radius 2 is 1.80 bits per heavy atom. The molecule has 148 valence electrons. The molecule has 0 bridgehead atoms. The SMILES string of the molecule is Cc1c(-c2ccc(/C=C(\C#N)C(=O)c3cccc([N+](=O)[O-])c3)o2)cccc1[N+](=O)[O-]. The van der Waals surface area contributed by atoms with Crippen LogP contribution in [0.25, 0.3) is 17.4 Å². The average molecular weight is 403 g/mol. The fraction of sp³-hybridized carbons (Fsp3) is 0.0476. The molecule has 1 heterocycles. The molecule has 0 N–H and O–H groups in total. The maximum atomic E-state index is 12.6. The summed E-state index contributed by atoms with van der Waals surface area (Å²) in [7, 11) is 0. The highest BCUT2D eigenvalue weighted by Gasteiger charge is 2.18. The molecule has 2 aromatic carbocycles. The van der Waals surface area contributed by atoms with Crippen molar-refractivity contribution in [3.05, 3.63) is 97.3 Å². The summed E-state index contributed by atoms with van der Waals surface area (Å²) in [6, 6.07) is 14.5. The van der Waals surface area contributed by atoms with Crippen LogP contribution >= 0.6 is 0 Å². The van der Waals surface area contributed by atoms with Crippen LogP contribution in [0, 0.1) is 38.5 Å². The van der Waals surface area contributed by atoms with Gasteiger partial charge in [0.05, 0.1) is 9.85 Å². The van der Waals surface area contributed by atoms with E-state index in [1.54, 1.807) is 25.1 Å². The third kappa shape index (κ3) is 3.98. The zero-order valence-electron chi connectivity index (χ0n) is 15.6. The van der Waals surface area contributed by atoms with Gasteiger partial charge in [-0.2, -0.15) is 5.26 Å². The minimum Gasteiger partial charge on any atom is -0.457 e. The Balaban J connectivity index is 1.95. The van der Waals surface area contributed by atoms with Crippen molar-refractivity contribution >= 4 is 23.2 Å². The van der Waals surface area contributed by atoms with Crippen LogP contribution in [0.2, 0.25) is 0 Å². The van der Waals surface area contributed by atoms with Gasteiger partial charge in [-0.1, -0.05) is 24.3 Å². The van der Waals surface area contributed by atoms with E-state index in [1.807, 2.05) is 0 Å². The zero-order chi connectivity index (χ0) is 21.8. The first-order valence-electron chi connectivity index (χ1n) is 8.57. The Kier molecular flexibility index (Phi) is 5.51. The van der Waals surface area contributed by atoms with Crippen LogP contribution in [0.3, 0.4) is 0 Å². The van der Waals surface area contributed by atoms with E-state index in [0.29, 0.717) is 16.9 Å². The molecule has 0 aliphatic rings. The van der Waals surface area contributed by atoms with Crippen LogP contribution in [0.15, 0.2) is 64.6 Å².